The van der Waals surface area contributed by atoms with Gasteiger partial charge in [-0.25, -0.2) is 4.98 Å². The standard InChI is InChI=1S/C28H31N3OS.2ClH/c32-25(13-14-26-20-24-21-29-27-9-4-10-28(33-26)31(24)27)12-11-23-15-18-30(19-16-23)17-5-8-22-6-2-1-3-7-22;;/h1-4,6-7,9-10,13-14,20-21,23H,5,8,11-12,15-19H2;2*1H/b14-13+;;. The number of rotatable bonds is 9. The molecule has 0 N–H and O–H groups in total. The summed E-state index contributed by atoms with van der Waals surface area (Å²) in [6, 6.07) is 16.9. The van der Waals surface area contributed by atoms with Gasteiger partial charge in [0, 0.05) is 11.3 Å². The fraction of sp³-hybridized carbons (Fsp3) is 0.357. The van der Waals surface area contributed by atoms with E-state index < -0.39 is 0 Å². The Kier molecular flexibility index (Phi) is 10.5. The lowest BCUT2D eigenvalue weighted by Crippen LogP contribution is -2.34. The summed E-state index contributed by atoms with van der Waals surface area (Å²) in [7, 11) is 0. The summed E-state index contributed by atoms with van der Waals surface area (Å²) in [5, 5.41) is 1.14. The molecule has 0 bridgehead atoms. The average molecular weight is 531 g/mol. The summed E-state index contributed by atoms with van der Waals surface area (Å²) < 4.78 is 2.15. The van der Waals surface area contributed by atoms with Gasteiger partial charge in [-0.2, -0.15) is 0 Å². The molecule has 0 radical (unpaired) electrons. The lowest BCUT2D eigenvalue weighted by Gasteiger charge is -2.31. The van der Waals surface area contributed by atoms with Crippen molar-refractivity contribution in [2.45, 2.75) is 43.6 Å². The number of hydrogen-bond donors (Lipinski definition) is 0. The van der Waals surface area contributed by atoms with Crippen molar-refractivity contribution in [3.63, 3.8) is 0 Å². The van der Waals surface area contributed by atoms with E-state index in [4.69, 9.17) is 0 Å². The van der Waals surface area contributed by atoms with Crippen molar-refractivity contribution in [2.75, 3.05) is 19.6 Å². The third kappa shape index (κ3) is 7.23. The Hall–Kier alpha value is -2.05. The number of aromatic nitrogens is 2. The Labute approximate surface area is 224 Å². The molecule has 1 aromatic carbocycles. The van der Waals surface area contributed by atoms with Crippen molar-refractivity contribution in [1.82, 2.24) is 14.3 Å². The van der Waals surface area contributed by atoms with Crippen LogP contribution >= 0.6 is 36.6 Å². The van der Waals surface area contributed by atoms with Gasteiger partial charge in [-0.05, 0) is 93.6 Å². The molecule has 1 saturated heterocycles. The minimum atomic E-state index is 0. The minimum absolute atomic E-state index is 0. The van der Waals surface area contributed by atoms with E-state index in [9.17, 15) is 4.79 Å². The molecule has 2 aliphatic rings. The second-order valence-electron chi connectivity index (χ2n) is 9.10. The number of halogens is 2. The van der Waals surface area contributed by atoms with Crippen LogP contribution in [0.5, 0.6) is 0 Å². The molecular formula is C28H33Cl2N3OS. The summed E-state index contributed by atoms with van der Waals surface area (Å²) in [5.41, 5.74) is 3.47. The van der Waals surface area contributed by atoms with Gasteiger partial charge in [-0.15, -0.1) is 24.8 Å². The van der Waals surface area contributed by atoms with Crippen molar-refractivity contribution in [2.24, 2.45) is 5.92 Å². The zero-order valence-electron chi connectivity index (χ0n) is 19.8. The highest BCUT2D eigenvalue weighted by Gasteiger charge is 2.19. The SMILES string of the molecule is Cl.Cl.O=C(/C=C/C1=Cc2cnc3cccc(n23)S1)CCC1CCN(CCCc2ccccc2)CC1. The average Bonchev–Trinajstić information content (AvgIpc) is 3.27. The quantitative estimate of drug-likeness (QED) is 0.283. The number of thioether (sulfide) groups is 1. The van der Waals surface area contributed by atoms with E-state index in [1.54, 1.807) is 17.8 Å². The molecule has 186 valence electrons. The lowest BCUT2D eigenvalue weighted by molar-refractivity contribution is -0.114. The zero-order valence-corrected chi connectivity index (χ0v) is 22.3. The van der Waals surface area contributed by atoms with Crippen LogP contribution in [0.1, 0.15) is 43.4 Å². The number of carbonyl (C=O) groups excluding carboxylic acids is 1. The topological polar surface area (TPSA) is 37.6 Å². The van der Waals surface area contributed by atoms with Crippen LogP contribution in [0.2, 0.25) is 0 Å². The van der Waals surface area contributed by atoms with Crippen LogP contribution in [-0.2, 0) is 11.2 Å². The summed E-state index contributed by atoms with van der Waals surface area (Å²) in [6.45, 7) is 3.53. The predicted molar refractivity (Wildman–Crippen MR) is 151 cm³/mol. The zero-order chi connectivity index (χ0) is 22.5. The number of nitrogens with zero attached hydrogens (tertiary/aromatic N) is 3. The second kappa shape index (κ2) is 13.3. The molecule has 0 spiro atoms. The van der Waals surface area contributed by atoms with Crippen LogP contribution in [-0.4, -0.2) is 39.7 Å². The summed E-state index contributed by atoms with van der Waals surface area (Å²) in [5.74, 6) is 0.919. The van der Waals surface area contributed by atoms with Crippen LogP contribution < -0.4 is 0 Å². The summed E-state index contributed by atoms with van der Waals surface area (Å²) in [4.78, 5) is 20.6. The van der Waals surface area contributed by atoms with E-state index in [1.165, 1.54) is 44.5 Å². The van der Waals surface area contributed by atoms with Crippen LogP contribution in [0.25, 0.3) is 11.7 Å². The summed E-state index contributed by atoms with van der Waals surface area (Å²) >= 11 is 1.69. The van der Waals surface area contributed by atoms with Gasteiger partial charge in [0.05, 0.1) is 16.9 Å². The van der Waals surface area contributed by atoms with Gasteiger partial charge in [0.1, 0.15) is 5.65 Å². The van der Waals surface area contributed by atoms with Gasteiger partial charge in [-0.3, -0.25) is 9.20 Å². The first-order valence-corrected chi connectivity index (χ1v) is 12.9. The van der Waals surface area contributed by atoms with E-state index in [1.807, 2.05) is 24.4 Å². The minimum Gasteiger partial charge on any atom is -0.303 e. The fourth-order valence-corrected chi connectivity index (χ4v) is 5.84. The maximum atomic E-state index is 12.5. The van der Waals surface area contributed by atoms with E-state index in [0.717, 1.165) is 34.1 Å². The molecule has 0 aliphatic carbocycles. The number of hydrogen-bond acceptors (Lipinski definition) is 4. The normalized spacial score (nSPS) is 16.1. The predicted octanol–water partition coefficient (Wildman–Crippen LogP) is 6.87. The Balaban J connectivity index is 0.00000171. The van der Waals surface area contributed by atoms with Gasteiger partial charge in [-0.1, -0.05) is 48.2 Å². The highest BCUT2D eigenvalue weighted by Crippen LogP contribution is 2.35. The number of pyridine rings is 1. The van der Waals surface area contributed by atoms with Gasteiger partial charge >= 0.3 is 0 Å². The van der Waals surface area contributed by atoms with Gasteiger partial charge < -0.3 is 4.90 Å². The van der Waals surface area contributed by atoms with E-state index >= 15 is 0 Å². The number of benzene rings is 1. The highest BCUT2D eigenvalue weighted by molar-refractivity contribution is 8.03. The Morgan fingerprint density at radius 1 is 1.06 bits per heavy atom. The molecule has 0 amide bonds. The molecule has 0 unspecified atom stereocenters. The fourth-order valence-electron chi connectivity index (χ4n) is 4.84. The molecule has 5 rings (SSSR count). The van der Waals surface area contributed by atoms with Crippen molar-refractivity contribution >= 4 is 54.1 Å². The smallest absolute Gasteiger partial charge is 0.155 e. The number of ketones is 1. The maximum absolute atomic E-state index is 12.5. The van der Waals surface area contributed by atoms with Gasteiger partial charge in [0.25, 0.3) is 0 Å². The van der Waals surface area contributed by atoms with Crippen molar-refractivity contribution in [3.8, 4) is 0 Å². The third-order valence-corrected chi connectivity index (χ3v) is 7.77. The molecule has 0 saturated carbocycles. The highest BCUT2D eigenvalue weighted by atomic mass is 35.5. The number of allylic oxidation sites excluding steroid dienone is 2. The number of likely N-dealkylation sites (tertiary alicyclic amines) is 1. The lowest BCUT2D eigenvalue weighted by atomic mass is 9.91. The Bertz CT molecular complexity index is 1170. The van der Waals surface area contributed by atoms with Crippen molar-refractivity contribution in [3.05, 3.63) is 83.0 Å². The van der Waals surface area contributed by atoms with Gasteiger partial charge in [0.2, 0.25) is 0 Å². The van der Waals surface area contributed by atoms with Crippen LogP contribution in [0.4, 0.5) is 0 Å². The largest absolute Gasteiger partial charge is 0.303 e. The molecule has 4 nitrogen and oxygen atoms in total. The molecule has 35 heavy (non-hydrogen) atoms. The van der Waals surface area contributed by atoms with E-state index in [0.29, 0.717) is 12.3 Å². The van der Waals surface area contributed by atoms with Crippen LogP contribution in [0.15, 0.2) is 76.8 Å². The molecule has 0 atom stereocenters. The third-order valence-electron chi connectivity index (χ3n) is 6.76. The van der Waals surface area contributed by atoms with Crippen LogP contribution in [0, 0.1) is 5.92 Å². The molecule has 7 heteroatoms. The molecule has 2 aromatic heterocycles. The molecule has 3 aromatic rings. The van der Waals surface area contributed by atoms with Crippen LogP contribution in [0.3, 0.4) is 0 Å². The molecular weight excluding hydrogens is 497 g/mol. The van der Waals surface area contributed by atoms with E-state index in [2.05, 4.69) is 56.8 Å². The number of aryl methyl sites for hydroxylation is 1. The molecule has 2 aliphatic heterocycles. The Morgan fingerprint density at radius 3 is 2.66 bits per heavy atom. The number of piperidine rings is 1. The summed E-state index contributed by atoms with van der Waals surface area (Å²) in [6.07, 6.45) is 14.2. The monoisotopic (exact) mass is 529 g/mol. The maximum Gasteiger partial charge on any atom is 0.155 e. The first-order chi connectivity index (χ1) is 16.2. The van der Waals surface area contributed by atoms with E-state index in [-0.39, 0.29) is 30.6 Å². The second-order valence-corrected chi connectivity index (χ2v) is 10.2. The number of carbonyl (C=O) groups is 1. The Morgan fingerprint density at radius 2 is 1.86 bits per heavy atom. The number of imidazole rings is 1. The van der Waals surface area contributed by atoms with Gasteiger partial charge in [0.15, 0.2) is 5.78 Å². The molecule has 4 heterocycles. The van der Waals surface area contributed by atoms with Crippen molar-refractivity contribution in [1.29, 1.82) is 0 Å². The first kappa shape index (κ1) is 27.5. The first-order valence-electron chi connectivity index (χ1n) is 12.1. The van der Waals surface area contributed by atoms with Crippen molar-refractivity contribution < 1.29 is 4.79 Å². The molecule has 1 fully saturated rings.